The van der Waals surface area contributed by atoms with Gasteiger partial charge in [-0.05, 0) is 12.8 Å². The molecule has 0 saturated heterocycles. The van der Waals surface area contributed by atoms with Crippen LogP contribution in [-0.4, -0.2) is 30.6 Å². The van der Waals surface area contributed by atoms with Gasteiger partial charge in [0.2, 0.25) is 11.8 Å². The average molecular weight is 260 g/mol. The highest BCUT2D eigenvalue weighted by Crippen LogP contribution is 2.14. The zero-order chi connectivity index (χ0) is 14.5. The van der Waals surface area contributed by atoms with Crippen molar-refractivity contribution in [2.24, 2.45) is 11.3 Å². The summed E-state index contributed by atoms with van der Waals surface area (Å²) >= 11 is 0. The molecule has 0 spiro atoms. The Balaban J connectivity index is 4.58. The summed E-state index contributed by atoms with van der Waals surface area (Å²) < 4.78 is 12.7. The Morgan fingerprint density at radius 3 is 2.00 bits per heavy atom. The molecule has 0 aromatic rings. The molecule has 0 rings (SSSR count). The molecular formula is C13H25FN2O2. The Morgan fingerprint density at radius 1 is 1.17 bits per heavy atom. The minimum absolute atomic E-state index is 0.0343. The van der Waals surface area contributed by atoms with Crippen LogP contribution in [-0.2, 0) is 9.59 Å². The maximum Gasteiger partial charge on any atom is 0.242 e. The molecule has 5 heteroatoms. The van der Waals surface area contributed by atoms with Crippen LogP contribution in [0.25, 0.3) is 0 Å². The monoisotopic (exact) mass is 260 g/mol. The van der Waals surface area contributed by atoms with E-state index in [2.05, 4.69) is 10.6 Å². The summed E-state index contributed by atoms with van der Waals surface area (Å²) in [6.07, 6.45) is -1.10. The van der Waals surface area contributed by atoms with Gasteiger partial charge in [0, 0.05) is 12.0 Å². The van der Waals surface area contributed by atoms with Crippen LogP contribution >= 0.6 is 0 Å². The van der Waals surface area contributed by atoms with Crippen molar-refractivity contribution in [2.75, 3.05) is 6.54 Å². The van der Waals surface area contributed by atoms with Crippen LogP contribution in [0, 0.1) is 11.3 Å². The lowest BCUT2D eigenvalue weighted by atomic mass is 9.93. The molecule has 2 amide bonds. The maximum absolute atomic E-state index is 12.7. The standard InChI is InChI=1S/C13H25FN2O2/c1-8(2)10(11(17)15-7-9(3)14)16-12(18)13(4,5)6/h8-10H,7H2,1-6H3,(H,15,17)(H,16,18)/t9?,10-/m1/s1. The quantitative estimate of drug-likeness (QED) is 0.789. The van der Waals surface area contributed by atoms with Crippen molar-refractivity contribution in [3.63, 3.8) is 0 Å². The predicted octanol–water partition coefficient (Wildman–Crippen LogP) is 1.65. The van der Waals surface area contributed by atoms with Crippen LogP contribution in [0.5, 0.6) is 0 Å². The van der Waals surface area contributed by atoms with E-state index in [0.717, 1.165) is 0 Å². The first-order chi connectivity index (χ1) is 8.05. The highest BCUT2D eigenvalue weighted by atomic mass is 19.1. The van der Waals surface area contributed by atoms with Gasteiger partial charge in [-0.2, -0.15) is 0 Å². The molecule has 0 heterocycles. The Bertz CT molecular complexity index is 296. The number of halogens is 1. The fraction of sp³-hybridized carbons (Fsp3) is 0.846. The lowest BCUT2D eigenvalue weighted by Crippen LogP contribution is -2.53. The van der Waals surface area contributed by atoms with Crippen molar-refractivity contribution in [3.05, 3.63) is 0 Å². The van der Waals surface area contributed by atoms with Crippen molar-refractivity contribution in [1.82, 2.24) is 10.6 Å². The number of hydrogen-bond donors (Lipinski definition) is 2. The highest BCUT2D eigenvalue weighted by Gasteiger charge is 2.29. The predicted molar refractivity (Wildman–Crippen MR) is 69.8 cm³/mol. The number of rotatable bonds is 5. The van der Waals surface area contributed by atoms with Gasteiger partial charge < -0.3 is 10.6 Å². The van der Waals surface area contributed by atoms with Gasteiger partial charge in [-0.1, -0.05) is 34.6 Å². The summed E-state index contributed by atoms with van der Waals surface area (Å²) in [7, 11) is 0. The van der Waals surface area contributed by atoms with E-state index in [1.807, 2.05) is 13.8 Å². The van der Waals surface area contributed by atoms with Crippen molar-refractivity contribution >= 4 is 11.8 Å². The van der Waals surface area contributed by atoms with Gasteiger partial charge in [0.1, 0.15) is 12.2 Å². The summed E-state index contributed by atoms with van der Waals surface area (Å²) in [5, 5.41) is 5.20. The molecule has 2 N–H and O–H groups in total. The highest BCUT2D eigenvalue weighted by molar-refractivity contribution is 5.89. The van der Waals surface area contributed by atoms with Crippen molar-refractivity contribution in [1.29, 1.82) is 0 Å². The molecule has 0 fully saturated rings. The normalized spacial score (nSPS) is 15.1. The summed E-state index contributed by atoms with van der Waals surface area (Å²) in [6.45, 7) is 10.4. The third-order valence-corrected chi connectivity index (χ3v) is 2.47. The molecule has 0 aliphatic heterocycles. The first-order valence-electron chi connectivity index (χ1n) is 6.28. The Kier molecular flexibility index (Phi) is 6.29. The molecule has 0 bridgehead atoms. The van der Waals surface area contributed by atoms with E-state index in [-0.39, 0.29) is 24.3 Å². The minimum Gasteiger partial charge on any atom is -0.351 e. The molecule has 0 aromatic carbocycles. The number of hydrogen-bond acceptors (Lipinski definition) is 2. The largest absolute Gasteiger partial charge is 0.351 e. The topological polar surface area (TPSA) is 58.2 Å². The SMILES string of the molecule is CC(F)CNC(=O)[C@H](NC(=O)C(C)(C)C)C(C)C. The van der Waals surface area contributed by atoms with Gasteiger partial charge in [-0.3, -0.25) is 9.59 Å². The van der Waals surface area contributed by atoms with Crippen molar-refractivity contribution in [3.8, 4) is 0 Å². The minimum atomic E-state index is -1.10. The van der Waals surface area contributed by atoms with Gasteiger partial charge in [0.25, 0.3) is 0 Å². The fourth-order valence-electron chi connectivity index (χ4n) is 1.24. The van der Waals surface area contributed by atoms with E-state index in [9.17, 15) is 14.0 Å². The molecule has 0 aliphatic carbocycles. The summed E-state index contributed by atoms with van der Waals surface area (Å²) in [5.74, 6) is -0.581. The van der Waals surface area contributed by atoms with Gasteiger partial charge in [-0.15, -0.1) is 0 Å². The van der Waals surface area contributed by atoms with Gasteiger partial charge in [0.05, 0.1) is 0 Å². The molecular weight excluding hydrogens is 235 g/mol. The van der Waals surface area contributed by atoms with E-state index in [4.69, 9.17) is 0 Å². The smallest absolute Gasteiger partial charge is 0.242 e. The average Bonchev–Trinajstić information content (AvgIpc) is 2.20. The van der Waals surface area contributed by atoms with Gasteiger partial charge in [-0.25, -0.2) is 4.39 Å². The van der Waals surface area contributed by atoms with Crippen molar-refractivity contribution < 1.29 is 14.0 Å². The third kappa shape index (κ3) is 5.98. The number of amides is 2. The second-order valence-corrected chi connectivity index (χ2v) is 5.97. The van der Waals surface area contributed by atoms with Crippen LogP contribution in [0.2, 0.25) is 0 Å². The summed E-state index contributed by atoms with van der Waals surface area (Å²) in [6, 6.07) is -0.629. The molecule has 0 aliphatic rings. The van der Waals surface area contributed by atoms with Crippen LogP contribution in [0.15, 0.2) is 0 Å². The van der Waals surface area contributed by atoms with E-state index < -0.39 is 17.6 Å². The van der Waals surface area contributed by atoms with E-state index >= 15 is 0 Å². The van der Waals surface area contributed by atoms with E-state index in [1.54, 1.807) is 20.8 Å². The zero-order valence-corrected chi connectivity index (χ0v) is 12.1. The molecule has 4 nitrogen and oxygen atoms in total. The molecule has 0 saturated carbocycles. The lowest BCUT2D eigenvalue weighted by molar-refractivity contribution is -0.134. The van der Waals surface area contributed by atoms with Gasteiger partial charge in [0.15, 0.2) is 0 Å². The molecule has 2 atom stereocenters. The summed E-state index contributed by atoms with van der Waals surface area (Å²) in [4.78, 5) is 23.7. The Morgan fingerprint density at radius 2 is 1.67 bits per heavy atom. The van der Waals surface area contributed by atoms with Crippen LogP contribution in [0.1, 0.15) is 41.5 Å². The third-order valence-electron chi connectivity index (χ3n) is 2.47. The first-order valence-corrected chi connectivity index (χ1v) is 6.28. The summed E-state index contributed by atoms with van der Waals surface area (Å²) in [5.41, 5.74) is -0.555. The number of alkyl halides is 1. The van der Waals surface area contributed by atoms with Crippen LogP contribution in [0.4, 0.5) is 4.39 Å². The Labute approximate surface area is 109 Å². The maximum atomic E-state index is 12.7. The Hall–Kier alpha value is -1.13. The number of carbonyl (C=O) groups excluding carboxylic acids is 2. The van der Waals surface area contributed by atoms with E-state index in [0.29, 0.717) is 0 Å². The van der Waals surface area contributed by atoms with Gasteiger partial charge >= 0.3 is 0 Å². The van der Waals surface area contributed by atoms with E-state index in [1.165, 1.54) is 6.92 Å². The molecule has 1 unspecified atom stereocenters. The fourth-order valence-corrected chi connectivity index (χ4v) is 1.24. The lowest BCUT2D eigenvalue weighted by Gasteiger charge is -2.26. The molecule has 18 heavy (non-hydrogen) atoms. The van der Waals surface area contributed by atoms with Crippen LogP contribution in [0.3, 0.4) is 0 Å². The molecule has 0 aromatic heterocycles. The van der Waals surface area contributed by atoms with Crippen LogP contribution < -0.4 is 10.6 Å². The molecule has 0 radical (unpaired) electrons. The molecule has 106 valence electrons. The number of carbonyl (C=O) groups is 2. The second kappa shape index (κ2) is 6.71. The van der Waals surface area contributed by atoms with Crippen molar-refractivity contribution in [2.45, 2.75) is 53.8 Å². The first kappa shape index (κ1) is 16.9. The zero-order valence-electron chi connectivity index (χ0n) is 12.1. The number of nitrogens with one attached hydrogen (secondary N) is 2. The second-order valence-electron chi connectivity index (χ2n) is 5.97.